The normalized spacial score (nSPS) is 13.4. The number of carbonyl (C=O) groups excluding carboxylic acids is 1. The van der Waals surface area contributed by atoms with Gasteiger partial charge in [0.15, 0.2) is 6.10 Å². The number of benzene rings is 1. The van der Waals surface area contributed by atoms with Crippen molar-refractivity contribution in [3.05, 3.63) is 41.6 Å². The number of hydrogen-bond acceptors (Lipinski definition) is 6. The molecule has 0 spiro atoms. The Balaban J connectivity index is 2.19. The molecule has 0 saturated carbocycles. The summed E-state index contributed by atoms with van der Waals surface area (Å²) < 4.78 is 4.35. The monoisotopic (exact) mass is 306 g/mol. The molecule has 1 aromatic heterocycles. The molecule has 4 N–H and O–H groups in total. The number of aromatic nitrogens is 2. The summed E-state index contributed by atoms with van der Waals surface area (Å²) in [5.41, 5.74) is 1.31. The van der Waals surface area contributed by atoms with Crippen molar-refractivity contribution < 1.29 is 29.6 Å². The number of aliphatic hydroxyl groups excluding tert-OH is 2. The zero-order chi connectivity index (χ0) is 16.3. The average Bonchev–Trinajstić information content (AvgIpc) is 3.03. The summed E-state index contributed by atoms with van der Waals surface area (Å²) in [6.45, 7) is 0. The van der Waals surface area contributed by atoms with Crippen LogP contribution in [0.5, 0.6) is 0 Å². The Bertz CT molecular complexity index is 679. The third-order valence-corrected chi connectivity index (χ3v) is 3.10. The largest absolute Gasteiger partial charge is 0.477 e. The number of methoxy groups -OCH3 is 1. The SMILES string of the molecule is COC(=O)C(O)C(O)c1ccc(-c2cc(C(=O)O)[nH]n2)cc1. The van der Waals surface area contributed by atoms with Crippen LogP contribution in [0.3, 0.4) is 0 Å². The average molecular weight is 306 g/mol. The molecule has 0 bridgehead atoms. The maximum Gasteiger partial charge on any atom is 0.353 e. The first-order valence-corrected chi connectivity index (χ1v) is 6.27. The number of aliphatic hydroxyl groups is 2. The van der Waals surface area contributed by atoms with E-state index in [0.717, 1.165) is 7.11 Å². The number of nitrogens with one attached hydrogen (secondary N) is 1. The first-order chi connectivity index (χ1) is 10.4. The molecule has 1 aromatic carbocycles. The molecule has 2 atom stereocenters. The van der Waals surface area contributed by atoms with Crippen molar-refractivity contribution >= 4 is 11.9 Å². The highest BCUT2D eigenvalue weighted by molar-refractivity contribution is 5.86. The molecule has 2 rings (SSSR count). The van der Waals surface area contributed by atoms with E-state index in [9.17, 15) is 19.8 Å². The zero-order valence-corrected chi connectivity index (χ0v) is 11.6. The zero-order valence-electron chi connectivity index (χ0n) is 11.6. The standard InChI is InChI=1S/C14H14N2O6/c1-22-14(21)12(18)11(17)8-4-2-7(3-5-8)9-6-10(13(19)20)16-15-9/h2-6,11-12,17-18H,1H3,(H,15,16)(H,19,20). The minimum atomic E-state index is -1.68. The lowest BCUT2D eigenvalue weighted by atomic mass is 10.0. The van der Waals surface area contributed by atoms with Crippen molar-refractivity contribution in [2.45, 2.75) is 12.2 Å². The molecular formula is C14H14N2O6. The summed E-state index contributed by atoms with van der Waals surface area (Å²) in [5, 5.41) is 34.5. The summed E-state index contributed by atoms with van der Waals surface area (Å²) in [6.07, 6.45) is -3.10. The van der Waals surface area contributed by atoms with Gasteiger partial charge in [0.1, 0.15) is 11.8 Å². The van der Waals surface area contributed by atoms with Crippen LogP contribution in [0.4, 0.5) is 0 Å². The summed E-state index contributed by atoms with van der Waals surface area (Å²) in [7, 11) is 1.11. The third-order valence-electron chi connectivity index (χ3n) is 3.10. The molecule has 8 heteroatoms. The van der Waals surface area contributed by atoms with Crippen LogP contribution in [-0.4, -0.2) is 50.7 Å². The summed E-state index contributed by atoms with van der Waals surface area (Å²) in [5.74, 6) is -2.05. The predicted molar refractivity (Wildman–Crippen MR) is 74.0 cm³/mol. The second-order valence-electron chi connectivity index (χ2n) is 4.51. The minimum absolute atomic E-state index is 0.0415. The second kappa shape index (κ2) is 6.37. The number of esters is 1. The number of ether oxygens (including phenoxy) is 1. The van der Waals surface area contributed by atoms with Gasteiger partial charge in [-0.05, 0) is 11.6 Å². The van der Waals surface area contributed by atoms with Crippen molar-refractivity contribution in [2.75, 3.05) is 7.11 Å². The molecule has 0 saturated heterocycles. The Hall–Kier alpha value is -2.71. The van der Waals surface area contributed by atoms with Gasteiger partial charge in [0.05, 0.1) is 12.8 Å². The van der Waals surface area contributed by atoms with Crippen molar-refractivity contribution in [3.63, 3.8) is 0 Å². The van der Waals surface area contributed by atoms with E-state index in [1.807, 2.05) is 0 Å². The van der Waals surface area contributed by atoms with E-state index in [1.165, 1.54) is 18.2 Å². The number of nitrogens with zero attached hydrogens (tertiary/aromatic N) is 1. The van der Waals surface area contributed by atoms with E-state index >= 15 is 0 Å². The van der Waals surface area contributed by atoms with E-state index in [4.69, 9.17) is 5.11 Å². The van der Waals surface area contributed by atoms with E-state index in [1.54, 1.807) is 12.1 Å². The van der Waals surface area contributed by atoms with Gasteiger partial charge in [-0.15, -0.1) is 0 Å². The fraction of sp³-hybridized carbons (Fsp3) is 0.214. The molecule has 2 aromatic rings. The number of carboxylic acids is 1. The fourth-order valence-corrected chi connectivity index (χ4v) is 1.86. The molecule has 22 heavy (non-hydrogen) atoms. The summed E-state index contributed by atoms with van der Waals surface area (Å²) in [4.78, 5) is 22.0. The number of rotatable bonds is 5. The van der Waals surface area contributed by atoms with Crippen LogP contribution >= 0.6 is 0 Å². The van der Waals surface area contributed by atoms with Crippen LogP contribution in [0.25, 0.3) is 11.3 Å². The van der Waals surface area contributed by atoms with Gasteiger partial charge in [0.25, 0.3) is 0 Å². The van der Waals surface area contributed by atoms with Gasteiger partial charge < -0.3 is 20.1 Å². The highest BCUT2D eigenvalue weighted by atomic mass is 16.5. The van der Waals surface area contributed by atoms with E-state index in [2.05, 4.69) is 14.9 Å². The van der Waals surface area contributed by atoms with Gasteiger partial charge in [-0.1, -0.05) is 24.3 Å². The Kier molecular flexibility index (Phi) is 4.54. The third kappa shape index (κ3) is 3.13. The van der Waals surface area contributed by atoms with Crippen LogP contribution in [-0.2, 0) is 9.53 Å². The number of aromatic carboxylic acids is 1. The predicted octanol–water partition coefficient (Wildman–Crippen LogP) is 0.342. The molecule has 0 amide bonds. The molecule has 0 fully saturated rings. The topological polar surface area (TPSA) is 133 Å². The lowest BCUT2D eigenvalue weighted by Crippen LogP contribution is -2.28. The molecule has 2 unspecified atom stereocenters. The van der Waals surface area contributed by atoms with Crippen molar-refractivity contribution in [3.8, 4) is 11.3 Å². The Labute approximate surface area is 125 Å². The first kappa shape index (κ1) is 15.7. The molecule has 1 heterocycles. The highest BCUT2D eigenvalue weighted by Crippen LogP contribution is 2.23. The van der Waals surface area contributed by atoms with Crippen LogP contribution in [0.2, 0.25) is 0 Å². The van der Waals surface area contributed by atoms with E-state index < -0.39 is 24.1 Å². The quantitative estimate of drug-likeness (QED) is 0.585. The van der Waals surface area contributed by atoms with Gasteiger partial charge in [0.2, 0.25) is 0 Å². The van der Waals surface area contributed by atoms with Gasteiger partial charge in [-0.2, -0.15) is 5.10 Å². The molecule has 0 aliphatic heterocycles. The van der Waals surface area contributed by atoms with Gasteiger partial charge in [0, 0.05) is 5.56 Å². The smallest absolute Gasteiger partial charge is 0.353 e. The van der Waals surface area contributed by atoms with Crippen LogP contribution < -0.4 is 0 Å². The molecular weight excluding hydrogens is 292 g/mol. The Morgan fingerprint density at radius 3 is 2.36 bits per heavy atom. The second-order valence-corrected chi connectivity index (χ2v) is 4.51. The number of carbonyl (C=O) groups is 2. The van der Waals surface area contributed by atoms with Gasteiger partial charge in [-0.3, -0.25) is 5.10 Å². The summed E-state index contributed by atoms with van der Waals surface area (Å²) >= 11 is 0. The number of hydrogen-bond donors (Lipinski definition) is 4. The Morgan fingerprint density at radius 2 is 1.86 bits per heavy atom. The number of carboxylic acid groups (broad SMARTS) is 1. The lowest BCUT2D eigenvalue weighted by molar-refractivity contribution is -0.156. The number of aromatic amines is 1. The molecule has 0 aliphatic carbocycles. The van der Waals surface area contributed by atoms with Crippen LogP contribution in [0, 0.1) is 0 Å². The first-order valence-electron chi connectivity index (χ1n) is 6.27. The highest BCUT2D eigenvalue weighted by Gasteiger charge is 2.26. The number of H-pyrrole nitrogens is 1. The van der Waals surface area contributed by atoms with Crippen molar-refractivity contribution in [1.29, 1.82) is 0 Å². The summed E-state index contributed by atoms with van der Waals surface area (Å²) in [6, 6.07) is 7.55. The van der Waals surface area contributed by atoms with Crippen molar-refractivity contribution in [1.82, 2.24) is 10.2 Å². The minimum Gasteiger partial charge on any atom is -0.477 e. The lowest BCUT2D eigenvalue weighted by Gasteiger charge is -2.16. The molecule has 8 nitrogen and oxygen atoms in total. The maximum atomic E-state index is 11.2. The van der Waals surface area contributed by atoms with Crippen LogP contribution in [0.15, 0.2) is 30.3 Å². The van der Waals surface area contributed by atoms with E-state index in [-0.39, 0.29) is 5.69 Å². The van der Waals surface area contributed by atoms with Crippen LogP contribution in [0.1, 0.15) is 22.2 Å². The van der Waals surface area contributed by atoms with E-state index in [0.29, 0.717) is 16.8 Å². The molecule has 0 aliphatic rings. The Morgan fingerprint density at radius 1 is 1.23 bits per heavy atom. The molecule has 116 valence electrons. The maximum absolute atomic E-state index is 11.2. The van der Waals surface area contributed by atoms with Gasteiger partial charge in [-0.25, -0.2) is 9.59 Å². The fourth-order valence-electron chi connectivity index (χ4n) is 1.86. The van der Waals surface area contributed by atoms with Gasteiger partial charge >= 0.3 is 11.9 Å². The van der Waals surface area contributed by atoms with Crippen molar-refractivity contribution in [2.24, 2.45) is 0 Å². The molecule has 0 radical (unpaired) electrons.